The van der Waals surface area contributed by atoms with Crippen molar-refractivity contribution in [1.29, 1.82) is 0 Å². The van der Waals surface area contributed by atoms with Crippen molar-refractivity contribution >= 4 is 17.8 Å². The number of carbonyl (C=O) groups excluding carboxylic acids is 2. The van der Waals surface area contributed by atoms with Gasteiger partial charge in [0, 0.05) is 18.2 Å². The summed E-state index contributed by atoms with van der Waals surface area (Å²) < 4.78 is 0. The molecule has 0 aromatic heterocycles. The number of ketones is 2. The zero-order valence-corrected chi connectivity index (χ0v) is 19.3. The van der Waals surface area contributed by atoms with Crippen LogP contribution in [0.1, 0.15) is 58.4 Å². The van der Waals surface area contributed by atoms with Crippen molar-refractivity contribution in [3.63, 3.8) is 0 Å². The van der Waals surface area contributed by atoms with Gasteiger partial charge in [-0.2, -0.15) is 0 Å². The lowest BCUT2D eigenvalue weighted by Gasteiger charge is -2.25. The van der Waals surface area contributed by atoms with Crippen LogP contribution in [0.25, 0.3) is 0 Å². The largest absolute Gasteiger partial charge is 0.322 e. The fourth-order valence-electron chi connectivity index (χ4n) is 4.38. The van der Waals surface area contributed by atoms with E-state index in [1.807, 2.05) is 76.2 Å². The highest BCUT2D eigenvalue weighted by Gasteiger charge is 2.26. The third kappa shape index (κ3) is 5.38. The van der Waals surface area contributed by atoms with E-state index < -0.39 is 6.04 Å². The molecule has 32 heavy (non-hydrogen) atoms. The van der Waals surface area contributed by atoms with Crippen LogP contribution in [-0.4, -0.2) is 23.8 Å². The smallest absolute Gasteiger partial charge is 0.171 e. The number of benzene rings is 2. The lowest BCUT2D eigenvalue weighted by Crippen LogP contribution is -2.31. The molecular formula is C28H32N2O2. The second-order valence-electron chi connectivity index (χ2n) is 8.58. The minimum Gasteiger partial charge on any atom is -0.322 e. The van der Waals surface area contributed by atoms with Gasteiger partial charge in [-0.1, -0.05) is 67.1 Å². The Bertz CT molecular complexity index is 1060. The first kappa shape index (κ1) is 23.6. The minimum absolute atomic E-state index is 0.0423. The van der Waals surface area contributed by atoms with Crippen LogP contribution in [0.15, 0.2) is 71.3 Å². The molecule has 1 aliphatic carbocycles. The van der Waals surface area contributed by atoms with Crippen molar-refractivity contribution in [3.05, 3.63) is 94.1 Å². The third-order valence-electron chi connectivity index (χ3n) is 6.01. The van der Waals surface area contributed by atoms with E-state index in [0.29, 0.717) is 12.8 Å². The van der Waals surface area contributed by atoms with Gasteiger partial charge in [0.25, 0.3) is 0 Å². The summed E-state index contributed by atoms with van der Waals surface area (Å²) in [4.78, 5) is 30.2. The molecule has 2 aromatic carbocycles. The highest BCUT2D eigenvalue weighted by molar-refractivity contribution is 6.08. The van der Waals surface area contributed by atoms with Crippen molar-refractivity contribution < 1.29 is 9.59 Å². The molecule has 3 rings (SSSR count). The normalized spacial score (nSPS) is 16.7. The molecule has 1 aliphatic rings. The molecule has 0 aliphatic heterocycles. The molecule has 0 saturated heterocycles. The number of Topliss-reactive ketones (excluding diaryl/α,β-unsaturated/α-hetero) is 1. The maximum absolute atomic E-state index is 13.4. The predicted octanol–water partition coefficient (Wildman–Crippen LogP) is 5.42. The van der Waals surface area contributed by atoms with Crippen molar-refractivity contribution in [2.24, 2.45) is 16.6 Å². The molecule has 3 atom stereocenters. The number of nitrogens with zero attached hydrogens (tertiary/aromatic N) is 1. The summed E-state index contributed by atoms with van der Waals surface area (Å²) in [5.41, 5.74) is 12.3. The molecule has 4 nitrogen and oxygen atoms in total. The Balaban J connectivity index is 1.93. The molecule has 1 unspecified atom stereocenters. The number of hydrogen-bond donors (Lipinski definition) is 1. The number of rotatable bonds is 8. The van der Waals surface area contributed by atoms with Gasteiger partial charge in [-0.3, -0.25) is 14.6 Å². The zero-order valence-electron chi connectivity index (χ0n) is 19.3. The van der Waals surface area contributed by atoms with E-state index >= 15 is 0 Å². The molecule has 0 spiro atoms. The minimum atomic E-state index is -0.446. The van der Waals surface area contributed by atoms with Crippen LogP contribution in [0, 0.1) is 26.7 Å². The molecule has 2 aromatic rings. The molecule has 2 N–H and O–H groups in total. The molecule has 0 heterocycles. The number of aryl methyl sites for hydroxylation is 3. The standard InChI is InChI=1S/C28H32N2O2/c1-5-21(28(32)25-19(3)14-18(2)15-20(25)4)17-30-27(22-10-7-6-8-11-22)26(29)23-12-9-13-24(31)16-23/h6-15,17,21,26-27H,5,16,29H2,1-4H3/t21?,26-,27-/m0/s1. The average molecular weight is 429 g/mol. The summed E-state index contributed by atoms with van der Waals surface area (Å²) in [6.07, 6.45) is 7.92. The summed E-state index contributed by atoms with van der Waals surface area (Å²) in [5.74, 6) is -0.210. The van der Waals surface area contributed by atoms with Gasteiger partial charge in [0.05, 0.1) is 18.0 Å². The molecule has 0 amide bonds. The SMILES string of the molecule is CCC(C=N[C@@H](c1ccccc1)[C@@H](N)C1=CC=CC(=O)C1)C(=O)c1c(C)cc(C)cc1C. The molecule has 0 radical (unpaired) electrons. The van der Waals surface area contributed by atoms with E-state index in [1.54, 1.807) is 18.4 Å². The number of aliphatic imine (C=N–C) groups is 1. The maximum Gasteiger partial charge on any atom is 0.171 e. The van der Waals surface area contributed by atoms with Crippen LogP contribution in [0.5, 0.6) is 0 Å². The molecule has 0 saturated carbocycles. The average Bonchev–Trinajstić information content (AvgIpc) is 2.76. The Morgan fingerprint density at radius 1 is 1.12 bits per heavy atom. The van der Waals surface area contributed by atoms with Gasteiger partial charge in [-0.25, -0.2) is 0 Å². The Hall–Kier alpha value is -3.11. The quantitative estimate of drug-likeness (QED) is 0.451. The van der Waals surface area contributed by atoms with Gasteiger partial charge < -0.3 is 5.73 Å². The van der Waals surface area contributed by atoms with Gasteiger partial charge in [0.15, 0.2) is 11.6 Å². The lowest BCUT2D eigenvalue weighted by molar-refractivity contribution is -0.114. The first-order chi connectivity index (χ1) is 15.3. The maximum atomic E-state index is 13.4. The van der Waals surface area contributed by atoms with E-state index in [0.717, 1.165) is 33.4 Å². The van der Waals surface area contributed by atoms with Crippen LogP contribution in [0.2, 0.25) is 0 Å². The summed E-state index contributed by atoms with van der Waals surface area (Å²) >= 11 is 0. The summed E-state index contributed by atoms with van der Waals surface area (Å²) in [7, 11) is 0. The third-order valence-corrected chi connectivity index (χ3v) is 6.01. The summed E-state index contributed by atoms with van der Waals surface area (Å²) in [6, 6.07) is 13.1. The fraction of sp³-hybridized carbons (Fsp3) is 0.321. The Morgan fingerprint density at radius 3 is 2.38 bits per heavy atom. The van der Waals surface area contributed by atoms with E-state index in [-0.39, 0.29) is 23.5 Å². The Kier molecular flexibility index (Phi) is 7.70. The van der Waals surface area contributed by atoms with Crippen molar-refractivity contribution in [2.75, 3.05) is 0 Å². The van der Waals surface area contributed by atoms with Crippen molar-refractivity contribution in [3.8, 4) is 0 Å². The van der Waals surface area contributed by atoms with Crippen LogP contribution >= 0.6 is 0 Å². The summed E-state index contributed by atoms with van der Waals surface area (Å²) in [5, 5.41) is 0. The highest BCUT2D eigenvalue weighted by atomic mass is 16.1. The van der Waals surface area contributed by atoms with Gasteiger partial charge in [-0.05, 0) is 55.5 Å². The van der Waals surface area contributed by atoms with Crippen molar-refractivity contribution in [1.82, 2.24) is 0 Å². The first-order valence-corrected chi connectivity index (χ1v) is 11.2. The number of hydrogen-bond acceptors (Lipinski definition) is 4. The second-order valence-corrected chi connectivity index (χ2v) is 8.58. The van der Waals surface area contributed by atoms with Gasteiger partial charge >= 0.3 is 0 Å². The molecular weight excluding hydrogens is 396 g/mol. The van der Waals surface area contributed by atoms with E-state index in [1.165, 1.54) is 0 Å². The molecule has 166 valence electrons. The predicted molar refractivity (Wildman–Crippen MR) is 131 cm³/mol. The van der Waals surface area contributed by atoms with E-state index in [4.69, 9.17) is 10.7 Å². The molecule has 0 bridgehead atoms. The van der Waals surface area contributed by atoms with Gasteiger partial charge in [-0.15, -0.1) is 0 Å². The Morgan fingerprint density at radius 2 is 1.78 bits per heavy atom. The van der Waals surface area contributed by atoms with Crippen molar-refractivity contribution in [2.45, 2.75) is 52.6 Å². The van der Waals surface area contributed by atoms with Crippen LogP contribution in [0.4, 0.5) is 0 Å². The van der Waals surface area contributed by atoms with Crippen LogP contribution < -0.4 is 5.73 Å². The van der Waals surface area contributed by atoms with Gasteiger partial charge in [0.2, 0.25) is 0 Å². The Labute approximate surface area is 191 Å². The second kappa shape index (κ2) is 10.5. The van der Waals surface area contributed by atoms with E-state index in [2.05, 4.69) is 0 Å². The number of carbonyl (C=O) groups is 2. The monoisotopic (exact) mass is 428 g/mol. The lowest BCUT2D eigenvalue weighted by atomic mass is 9.88. The van der Waals surface area contributed by atoms with Crippen LogP contribution in [-0.2, 0) is 4.79 Å². The molecule has 4 heteroatoms. The zero-order chi connectivity index (χ0) is 23.3. The molecule has 0 fully saturated rings. The topological polar surface area (TPSA) is 72.5 Å². The fourth-order valence-corrected chi connectivity index (χ4v) is 4.38. The van der Waals surface area contributed by atoms with Crippen LogP contribution in [0.3, 0.4) is 0 Å². The van der Waals surface area contributed by atoms with E-state index in [9.17, 15) is 9.59 Å². The highest BCUT2D eigenvalue weighted by Crippen LogP contribution is 2.28. The first-order valence-electron chi connectivity index (χ1n) is 11.2. The van der Waals surface area contributed by atoms with Gasteiger partial charge in [0.1, 0.15) is 0 Å². The number of allylic oxidation sites excluding steroid dienone is 3. The number of nitrogens with two attached hydrogens (primary N) is 1. The summed E-state index contributed by atoms with van der Waals surface area (Å²) in [6.45, 7) is 8.01.